The second kappa shape index (κ2) is 6.14. The van der Waals surface area contributed by atoms with Crippen LogP contribution in [-0.2, 0) is 14.4 Å². The Morgan fingerprint density at radius 3 is 2.63 bits per heavy atom. The van der Waals surface area contributed by atoms with Crippen molar-refractivity contribution in [1.29, 1.82) is 0 Å². The van der Waals surface area contributed by atoms with Gasteiger partial charge in [0, 0.05) is 12.5 Å². The molecule has 6 heteroatoms. The van der Waals surface area contributed by atoms with E-state index in [0.717, 1.165) is 6.54 Å². The second-order valence-electron chi connectivity index (χ2n) is 5.63. The summed E-state index contributed by atoms with van der Waals surface area (Å²) in [6.07, 6.45) is 1.03. The number of amides is 3. The van der Waals surface area contributed by atoms with E-state index in [9.17, 15) is 14.4 Å². The number of carbonyl (C=O) groups excluding carboxylic acids is 3. The minimum Gasteiger partial charge on any atom is -0.319 e. The van der Waals surface area contributed by atoms with Crippen LogP contribution in [0.2, 0.25) is 0 Å². The number of nitrogens with one attached hydrogen (secondary N) is 2. The third-order valence-electron chi connectivity index (χ3n) is 3.21. The van der Waals surface area contributed by atoms with E-state index in [-0.39, 0.29) is 12.5 Å². The predicted molar refractivity (Wildman–Crippen MR) is 71.3 cm³/mol. The molecule has 1 aliphatic heterocycles. The first-order chi connectivity index (χ1) is 8.75. The van der Waals surface area contributed by atoms with Crippen LogP contribution < -0.4 is 10.6 Å². The van der Waals surface area contributed by atoms with Crippen molar-refractivity contribution in [3.05, 3.63) is 0 Å². The van der Waals surface area contributed by atoms with Gasteiger partial charge in [-0.3, -0.25) is 19.7 Å². The molecule has 0 saturated carbocycles. The highest BCUT2D eigenvalue weighted by molar-refractivity contribution is 6.06. The van der Waals surface area contributed by atoms with Crippen molar-refractivity contribution in [2.24, 2.45) is 0 Å². The van der Waals surface area contributed by atoms with Gasteiger partial charge >= 0.3 is 0 Å². The van der Waals surface area contributed by atoms with Crippen molar-refractivity contribution < 1.29 is 14.4 Å². The van der Waals surface area contributed by atoms with E-state index >= 15 is 0 Å². The Morgan fingerprint density at radius 1 is 1.42 bits per heavy atom. The van der Waals surface area contributed by atoms with Crippen LogP contribution in [0.4, 0.5) is 0 Å². The fourth-order valence-electron chi connectivity index (χ4n) is 1.95. The van der Waals surface area contributed by atoms with Gasteiger partial charge in [0.15, 0.2) is 0 Å². The van der Waals surface area contributed by atoms with E-state index in [4.69, 9.17) is 0 Å². The molecule has 0 aromatic rings. The molecule has 0 bridgehead atoms. The van der Waals surface area contributed by atoms with E-state index in [2.05, 4.69) is 10.6 Å². The molecule has 0 radical (unpaired) electrons. The number of imide groups is 1. The molecule has 0 atom stereocenters. The van der Waals surface area contributed by atoms with E-state index in [1.807, 2.05) is 13.8 Å². The summed E-state index contributed by atoms with van der Waals surface area (Å²) in [6.45, 7) is 8.09. The van der Waals surface area contributed by atoms with Gasteiger partial charge in [-0.1, -0.05) is 13.8 Å². The van der Waals surface area contributed by atoms with Crippen molar-refractivity contribution in [3.63, 3.8) is 0 Å². The summed E-state index contributed by atoms with van der Waals surface area (Å²) in [7, 11) is 0. The van der Waals surface area contributed by atoms with Crippen molar-refractivity contribution in [2.45, 2.75) is 52.1 Å². The minimum atomic E-state index is -0.962. The number of rotatable bonds is 5. The van der Waals surface area contributed by atoms with E-state index in [1.54, 1.807) is 13.8 Å². The molecule has 1 aliphatic rings. The van der Waals surface area contributed by atoms with Crippen molar-refractivity contribution in [1.82, 2.24) is 15.5 Å². The smallest absolute Gasteiger partial charge is 0.252 e. The molecule has 3 amide bonds. The summed E-state index contributed by atoms with van der Waals surface area (Å²) in [4.78, 5) is 36.6. The minimum absolute atomic E-state index is 0.0464. The summed E-state index contributed by atoms with van der Waals surface area (Å²) < 4.78 is 0. The maximum atomic E-state index is 12.1. The Hall–Kier alpha value is -1.43. The molecule has 1 rings (SSSR count). The highest BCUT2D eigenvalue weighted by Gasteiger charge is 2.42. The Labute approximate surface area is 113 Å². The SMILES string of the molecule is CC(C)NCCCC(=O)N1CC(=O)NC(=O)C1(C)C. The average Bonchev–Trinajstić information content (AvgIpc) is 2.29. The Kier molecular flexibility index (Phi) is 5.05. The summed E-state index contributed by atoms with van der Waals surface area (Å²) in [6, 6.07) is 0.383. The normalized spacial score (nSPS) is 18.7. The van der Waals surface area contributed by atoms with E-state index in [0.29, 0.717) is 18.9 Å². The highest BCUT2D eigenvalue weighted by atomic mass is 16.2. The third-order valence-corrected chi connectivity index (χ3v) is 3.21. The Morgan fingerprint density at radius 2 is 2.05 bits per heavy atom. The molecule has 2 N–H and O–H groups in total. The van der Waals surface area contributed by atoms with Crippen molar-refractivity contribution in [2.75, 3.05) is 13.1 Å². The van der Waals surface area contributed by atoms with Crippen molar-refractivity contribution >= 4 is 17.7 Å². The van der Waals surface area contributed by atoms with Gasteiger partial charge in [-0.25, -0.2) is 0 Å². The average molecular weight is 269 g/mol. The maximum Gasteiger partial charge on any atom is 0.252 e. The third kappa shape index (κ3) is 4.02. The predicted octanol–water partition coefficient (Wildman–Crippen LogP) is 0.0282. The molecule has 1 saturated heterocycles. The monoisotopic (exact) mass is 269 g/mol. The van der Waals surface area contributed by atoms with Crippen LogP contribution in [0.3, 0.4) is 0 Å². The highest BCUT2D eigenvalue weighted by Crippen LogP contribution is 2.19. The van der Waals surface area contributed by atoms with Crippen LogP contribution in [0.1, 0.15) is 40.5 Å². The quantitative estimate of drug-likeness (QED) is 0.545. The van der Waals surface area contributed by atoms with Crippen LogP contribution >= 0.6 is 0 Å². The molecule has 0 aromatic carbocycles. The summed E-state index contributed by atoms with van der Waals surface area (Å²) >= 11 is 0. The molecule has 6 nitrogen and oxygen atoms in total. The van der Waals surface area contributed by atoms with Crippen molar-refractivity contribution in [3.8, 4) is 0 Å². The maximum absolute atomic E-state index is 12.1. The zero-order chi connectivity index (χ0) is 14.6. The summed E-state index contributed by atoms with van der Waals surface area (Å²) in [5, 5.41) is 5.48. The van der Waals surface area contributed by atoms with Gasteiger partial charge in [0.05, 0.1) is 0 Å². The lowest BCUT2D eigenvalue weighted by Crippen LogP contribution is -2.65. The first-order valence-electron chi connectivity index (χ1n) is 6.63. The zero-order valence-electron chi connectivity index (χ0n) is 12.1. The number of piperazine rings is 1. The Balaban J connectivity index is 2.54. The fourth-order valence-corrected chi connectivity index (χ4v) is 1.95. The molecule has 0 aliphatic carbocycles. The molecule has 1 heterocycles. The number of hydrogen-bond donors (Lipinski definition) is 2. The standard InChI is InChI=1S/C13H23N3O3/c1-9(2)14-7-5-6-11(18)16-8-10(17)15-12(19)13(16,3)4/h9,14H,5-8H2,1-4H3,(H,15,17,19). The molecule has 0 unspecified atom stereocenters. The first kappa shape index (κ1) is 15.6. The van der Waals surface area contributed by atoms with E-state index < -0.39 is 17.4 Å². The fraction of sp³-hybridized carbons (Fsp3) is 0.769. The van der Waals surface area contributed by atoms with Crippen LogP contribution in [0, 0.1) is 0 Å². The molecular weight excluding hydrogens is 246 g/mol. The van der Waals surface area contributed by atoms with Gasteiger partial charge in [-0.15, -0.1) is 0 Å². The van der Waals surface area contributed by atoms with Crippen LogP contribution in [0.5, 0.6) is 0 Å². The van der Waals surface area contributed by atoms with Gasteiger partial charge in [0.25, 0.3) is 5.91 Å². The van der Waals surface area contributed by atoms with Gasteiger partial charge in [0.1, 0.15) is 12.1 Å². The lowest BCUT2D eigenvalue weighted by atomic mass is 9.98. The van der Waals surface area contributed by atoms with Gasteiger partial charge in [-0.2, -0.15) is 0 Å². The number of hydrogen-bond acceptors (Lipinski definition) is 4. The van der Waals surface area contributed by atoms with Gasteiger partial charge < -0.3 is 10.2 Å². The van der Waals surface area contributed by atoms with Gasteiger partial charge in [-0.05, 0) is 26.8 Å². The van der Waals surface area contributed by atoms with Crippen LogP contribution in [0.25, 0.3) is 0 Å². The molecule has 1 fully saturated rings. The molecule has 0 aromatic heterocycles. The molecular formula is C13H23N3O3. The number of carbonyl (C=O) groups is 3. The lowest BCUT2D eigenvalue weighted by Gasteiger charge is -2.40. The molecule has 19 heavy (non-hydrogen) atoms. The summed E-state index contributed by atoms with van der Waals surface area (Å²) in [5.41, 5.74) is -0.962. The zero-order valence-corrected chi connectivity index (χ0v) is 12.1. The summed E-state index contributed by atoms with van der Waals surface area (Å²) in [5.74, 6) is -0.992. The molecule has 0 spiro atoms. The molecule has 108 valence electrons. The van der Waals surface area contributed by atoms with Crippen LogP contribution in [-0.4, -0.2) is 47.3 Å². The largest absolute Gasteiger partial charge is 0.319 e. The Bertz CT molecular complexity index is 377. The van der Waals surface area contributed by atoms with E-state index in [1.165, 1.54) is 4.90 Å². The van der Waals surface area contributed by atoms with Crippen LogP contribution in [0.15, 0.2) is 0 Å². The first-order valence-corrected chi connectivity index (χ1v) is 6.63. The van der Waals surface area contributed by atoms with Gasteiger partial charge in [0.2, 0.25) is 11.8 Å². The lowest BCUT2D eigenvalue weighted by molar-refractivity contribution is -0.155. The topological polar surface area (TPSA) is 78.5 Å². The second-order valence-corrected chi connectivity index (χ2v) is 5.63. The number of nitrogens with zero attached hydrogens (tertiary/aromatic N) is 1.